The molecule has 1 aromatic heterocycles. The smallest absolute Gasteiger partial charge is 0.191 e. The number of hydrogen-bond acceptors (Lipinski definition) is 4. The number of nitrogens with one attached hydrogen (secondary N) is 2. The molecule has 0 amide bonds. The van der Waals surface area contributed by atoms with Crippen LogP contribution in [0.3, 0.4) is 0 Å². The first kappa shape index (κ1) is 17.8. The van der Waals surface area contributed by atoms with E-state index in [4.69, 9.17) is 4.52 Å². The summed E-state index contributed by atoms with van der Waals surface area (Å²) in [6, 6.07) is 1.99. The Kier molecular flexibility index (Phi) is 6.89. The Balaban J connectivity index is 1.86. The van der Waals surface area contributed by atoms with Crippen LogP contribution in [-0.2, 0) is 6.54 Å². The van der Waals surface area contributed by atoms with Crippen LogP contribution in [0.5, 0.6) is 0 Å². The van der Waals surface area contributed by atoms with Gasteiger partial charge in [0, 0.05) is 25.7 Å². The number of guanidine groups is 1. The van der Waals surface area contributed by atoms with Gasteiger partial charge in [-0.1, -0.05) is 19.0 Å². The average Bonchev–Trinajstić information content (AvgIpc) is 2.99. The molecule has 2 heterocycles. The average molecular weight is 321 g/mol. The molecule has 23 heavy (non-hydrogen) atoms. The van der Waals surface area contributed by atoms with Gasteiger partial charge in [-0.25, -0.2) is 4.99 Å². The first-order valence-corrected chi connectivity index (χ1v) is 8.74. The Morgan fingerprint density at radius 3 is 2.96 bits per heavy atom. The topological polar surface area (TPSA) is 65.7 Å². The van der Waals surface area contributed by atoms with Crippen molar-refractivity contribution in [3.63, 3.8) is 0 Å². The van der Waals surface area contributed by atoms with Crippen molar-refractivity contribution in [3.8, 4) is 0 Å². The third-order valence-corrected chi connectivity index (χ3v) is 4.19. The highest BCUT2D eigenvalue weighted by molar-refractivity contribution is 5.79. The normalized spacial score (nSPS) is 20.0. The van der Waals surface area contributed by atoms with Crippen LogP contribution in [-0.4, -0.2) is 49.2 Å². The molecule has 1 atom stereocenters. The van der Waals surface area contributed by atoms with Gasteiger partial charge in [0.2, 0.25) is 0 Å². The maximum atomic E-state index is 5.34. The van der Waals surface area contributed by atoms with Crippen LogP contribution in [0.15, 0.2) is 15.6 Å². The molecule has 0 bridgehead atoms. The Labute approximate surface area is 139 Å². The maximum Gasteiger partial charge on any atom is 0.191 e. The lowest BCUT2D eigenvalue weighted by atomic mass is 9.99. The predicted molar refractivity (Wildman–Crippen MR) is 93.6 cm³/mol. The van der Waals surface area contributed by atoms with Crippen LogP contribution in [0.25, 0.3) is 0 Å². The fourth-order valence-electron chi connectivity index (χ4n) is 2.86. The quantitative estimate of drug-likeness (QED) is 0.621. The third kappa shape index (κ3) is 5.86. The van der Waals surface area contributed by atoms with Gasteiger partial charge in [0.1, 0.15) is 6.54 Å². The van der Waals surface area contributed by atoms with Gasteiger partial charge in [-0.05, 0) is 45.2 Å². The first-order valence-electron chi connectivity index (χ1n) is 8.74. The predicted octanol–water partition coefficient (Wildman–Crippen LogP) is 2.19. The molecule has 0 aliphatic carbocycles. The zero-order valence-electron chi connectivity index (χ0n) is 14.9. The van der Waals surface area contributed by atoms with Gasteiger partial charge in [-0.2, -0.15) is 0 Å². The molecular formula is C17H31N5O. The van der Waals surface area contributed by atoms with E-state index >= 15 is 0 Å². The summed E-state index contributed by atoms with van der Waals surface area (Å²) in [5, 5.41) is 10.8. The molecule has 1 saturated heterocycles. The highest BCUT2D eigenvalue weighted by Gasteiger charge is 2.17. The van der Waals surface area contributed by atoms with Crippen molar-refractivity contribution in [2.24, 2.45) is 10.9 Å². The van der Waals surface area contributed by atoms with Crippen molar-refractivity contribution in [2.45, 2.75) is 46.1 Å². The van der Waals surface area contributed by atoms with Crippen molar-refractivity contribution in [2.75, 3.05) is 33.2 Å². The minimum Gasteiger partial charge on any atom is -0.359 e. The molecular weight excluding hydrogens is 290 g/mol. The van der Waals surface area contributed by atoms with E-state index in [1.807, 2.05) is 6.07 Å². The number of piperidine rings is 1. The zero-order chi connectivity index (χ0) is 16.7. The summed E-state index contributed by atoms with van der Waals surface area (Å²) in [5.74, 6) is 2.73. The van der Waals surface area contributed by atoms with E-state index in [0.29, 0.717) is 18.4 Å². The number of hydrogen-bond donors (Lipinski definition) is 2. The van der Waals surface area contributed by atoms with Crippen molar-refractivity contribution < 1.29 is 4.52 Å². The molecule has 0 radical (unpaired) electrons. The maximum absolute atomic E-state index is 5.34. The van der Waals surface area contributed by atoms with E-state index in [-0.39, 0.29) is 0 Å². The van der Waals surface area contributed by atoms with Crippen LogP contribution >= 0.6 is 0 Å². The van der Waals surface area contributed by atoms with Crippen molar-refractivity contribution in [3.05, 3.63) is 17.5 Å². The van der Waals surface area contributed by atoms with Gasteiger partial charge in [0.15, 0.2) is 11.7 Å². The molecule has 6 nitrogen and oxygen atoms in total. The fraction of sp³-hybridized carbons (Fsp3) is 0.765. The Bertz CT molecular complexity index is 497. The summed E-state index contributed by atoms with van der Waals surface area (Å²) in [5.41, 5.74) is 0.985. The van der Waals surface area contributed by atoms with E-state index in [0.717, 1.165) is 37.0 Å². The lowest BCUT2D eigenvalue weighted by Crippen LogP contribution is -2.43. The van der Waals surface area contributed by atoms with Crippen LogP contribution in [0.2, 0.25) is 0 Å². The summed E-state index contributed by atoms with van der Waals surface area (Å²) in [6.45, 7) is 11.0. The highest BCUT2D eigenvalue weighted by atomic mass is 16.5. The van der Waals surface area contributed by atoms with Crippen molar-refractivity contribution in [1.82, 2.24) is 20.7 Å². The van der Waals surface area contributed by atoms with Gasteiger partial charge < -0.3 is 20.1 Å². The first-order chi connectivity index (χ1) is 11.1. The molecule has 1 aliphatic heterocycles. The molecule has 2 rings (SSSR count). The summed E-state index contributed by atoms with van der Waals surface area (Å²) < 4.78 is 5.34. The molecule has 1 fully saturated rings. The lowest BCUT2D eigenvalue weighted by molar-refractivity contribution is 0.210. The molecule has 0 spiro atoms. The summed E-state index contributed by atoms with van der Waals surface area (Å²) >= 11 is 0. The largest absolute Gasteiger partial charge is 0.359 e. The molecule has 0 aromatic carbocycles. The minimum absolute atomic E-state index is 0.381. The Morgan fingerprint density at radius 2 is 2.30 bits per heavy atom. The van der Waals surface area contributed by atoms with Gasteiger partial charge in [0.25, 0.3) is 0 Å². The summed E-state index contributed by atoms with van der Waals surface area (Å²) in [4.78, 5) is 7.01. The van der Waals surface area contributed by atoms with Crippen LogP contribution < -0.4 is 10.6 Å². The molecule has 6 heteroatoms. The van der Waals surface area contributed by atoms with Crippen LogP contribution in [0.4, 0.5) is 0 Å². The van der Waals surface area contributed by atoms with Crippen LogP contribution in [0.1, 0.15) is 51.0 Å². The SMILES string of the molecule is CCNC(=NCc1cc(C(C)C)no1)NCC1CCCN(C)C1. The fourth-order valence-corrected chi connectivity index (χ4v) is 2.86. The monoisotopic (exact) mass is 321 g/mol. The number of aliphatic imine (C=N–C) groups is 1. The number of likely N-dealkylation sites (tertiary alicyclic amines) is 1. The van der Waals surface area contributed by atoms with E-state index in [1.165, 1.54) is 19.4 Å². The Hall–Kier alpha value is -1.56. The second-order valence-electron chi connectivity index (χ2n) is 6.72. The van der Waals surface area contributed by atoms with E-state index in [1.54, 1.807) is 0 Å². The lowest BCUT2D eigenvalue weighted by Gasteiger charge is -2.30. The van der Waals surface area contributed by atoms with E-state index in [2.05, 4.69) is 53.5 Å². The standard InChI is InChI=1S/C17H31N5O/c1-5-18-17(19-10-14-7-6-8-22(4)12-14)20-11-15-9-16(13(2)3)21-23-15/h9,13-14H,5-8,10-12H2,1-4H3,(H2,18,19,20). The molecule has 1 aromatic rings. The number of nitrogens with zero attached hydrogens (tertiary/aromatic N) is 3. The third-order valence-electron chi connectivity index (χ3n) is 4.19. The molecule has 130 valence electrons. The molecule has 0 saturated carbocycles. The van der Waals surface area contributed by atoms with Gasteiger partial charge in [0.05, 0.1) is 5.69 Å². The summed E-state index contributed by atoms with van der Waals surface area (Å²) in [7, 11) is 2.20. The van der Waals surface area contributed by atoms with Crippen molar-refractivity contribution >= 4 is 5.96 Å². The van der Waals surface area contributed by atoms with Gasteiger partial charge in [-0.15, -0.1) is 0 Å². The van der Waals surface area contributed by atoms with Gasteiger partial charge >= 0.3 is 0 Å². The van der Waals surface area contributed by atoms with Gasteiger partial charge in [-0.3, -0.25) is 0 Å². The highest BCUT2D eigenvalue weighted by Crippen LogP contribution is 2.15. The number of rotatable bonds is 6. The minimum atomic E-state index is 0.381. The number of aromatic nitrogens is 1. The zero-order valence-corrected chi connectivity index (χ0v) is 14.9. The van der Waals surface area contributed by atoms with E-state index < -0.39 is 0 Å². The van der Waals surface area contributed by atoms with Crippen LogP contribution in [0, 0.1) is 5.92 Å². The molecule has 2 N–H and O–H groups in total. The van der Waals surface area contributed by atoms with Crippen molar-refractivity contribution in [1.29, 1.82) is 0 Å². The molecule has 1 aliphatic rings. The summed E-state index contributed by atoms with van der Waals surface area (Å²) in [6.07, 6.45) is 2.57. The van der Waals surface area contributed by atoms with E-state index in [9.17, 15) is 0 Å². The second-order valence-corrected chi connectivity index (χ2v) is 6.72. The second kappa shape index (κ2) is 8.91. The Morgan fingerprint density at radius 1 is 1.48 bits per heavy atom. The molecule has 1 unspecified atom stereocenters.